The minimum Gasteiger partial charge on any atom is -0.395 e. The number of nitrogens with one attached hydrogen (secondary N) is 2. The molecule has 2 heterocycles. The lowest BCUT2D eigenvalue weighted by molar-refractivity contribution is -0.127. The van der Waals surface area contributed by atoms with Crippen LogP contribution in [0.25, 0.3) is 0 Å². The minimum absolute atomic E-state index is 0.133. The number of aromatic amines is 1. The van der Waals surface area contributed by atoms with Gasteiger partial charge in [-0.25, -0.2) is 0 Å². The lowest BCUT2D eigenvalue weighted by Crippen LogP contribution is -2.42. The van der Waals surface area contributed by atoms with Crippen LogP contribution in [0.3, 0.4) is 0 Å². The first-order valence-corrected chi connectivity index (χ1v) is 6.38. The van der Waals surface area contributed by atoms with Crippen LogP contribution in [0, 0.1) is 6.92 Å². The van der Waals surface area contributed by atoms with Gasteiger partial charge in [0.2, 0.25) is 5.91 Å². The highest BCUT2D eigenvalue weighted by atomic mass is 16.2. The van der Waals surface area contributed by atoms with Crippen molar-refractivity contribution in [1.29, 1.82) is 0 Å². The van der Waals surface area contributed by atoms with Crippen LogP contribution in [-0.4, -0.2) is 46.0 Å². The van der Waals surface area contributed by atoms with E-state index in [9.17, 15) is 9.59 Å². The molecule has 1 aliphatic heterocycles. The number of nitrogens with zero attached hydrogens (tertiary/aromatic N) is 2. The van der Waals surface area contributed by atoms with E-state index in [0.29, 0.717) is 24.3 Å². The summed E-state index contributed by atoms with van der Waals surface area (Å²) in [5.74, 6) is -0.169. The number of H-pyrrole nitrogens is 1. The summed E-state index contributed by atoms with van der Waals surface area (Å²) in [4.78, 5) is 25.2. The Labute approximate surface area is 111 Å². The van der Waals surface area contributed by atoms with Crippen LogP contribution in [0.5, 0.6) is 0 Å². The van der Waals surface area contributed by atoms with Crippen molar-refractivity contribution in [2.24, 2.45) is 0 Å². The van der Waals surface area contributed by atoms with Crippen LogP contribution in [0.1, 0.15) is 35.9 Å². The second-order valence-electron chi connectivity index (χ2n) is 4.93. The molecule has 2 rings (SSSR count). The summed E-state index contributed by atoms with van der Waals surface area (Å²) in [5.41, 5.74) is 6.99. The van der Waals surface area contributed by atoms with E-state index in [1.807, 2.05) is 6.92 Å². The van der Waals surface area contributed by atoms with Gasteiger partial charge in [0.05, 0.1) is 11.4 Å². The lowest BCUT2D eigenvalue weighted by Gasteiger charge is -2.21. The van der Waals surface area contributed by atoms with Crippen LogP contribution in [-0.2, 0) is 4.79 Å². The van der Waals surface area contributed by atoms with Crippen molar-refractivity contribution in [2.45, 2.75) is 32.7 Å². The molecule has 1 aromatic heterocycles. The zero-order valence-electron chi connectivity index (χ0n) is 11.2. The molecule has 1 saturated heterocycles. The van der Waals surface area contributed by atoms with Gasteiger partial charge in [0.1, 0.15) is 0 Å². The Morgan fingerprint density at radius 3 is 2.89 bits per heavy atom. The van der Waals surface area contributed by atoms with Gasteiger partial charge < -0.3 is 16.0 Å². The number of anilines is 1. The number of nitrogens with two attached hydrogens (primary N) is 1. The van der Waals surface area contributed by atoms with Gasteiger partial charge >= 0.3 is 0 Å². The summed E-state index contributed by atoms with van der Waals surface area (Å²) < 4.78 is 0. The van der Waals surface area contributed by atoms with Gasteiger partial charge in [-0.2, -0.15) is 5.10 Å². The highest BCUT2D eigenvalue weighted by Gasteiger charge is 2.23. The summed E-state index contributed by atoms with van der Waals surface area (Å²) in [7, 11) is 0. The fraction of sp³-hybridized carbons (Fsp3) is 0.583. The number of likely N-dealkylation sites (tertiary alicyclic amines) is 1. The zero-order chi connectivity index (χ0) is 14.0. The number of amides is 2. The first kappa shape index (κ1) is 13.4. The molecule has 0 radical (unpaired) electrons. The fourth-order valence-electron chi connectivity index (χ4n) is 2.18. The molecule has 1 fully saturated rings. The van der Waals surface area contributed by atoms with E-state index < -0.39 is 0 Å². The molecular weight excluding hydrogens is 246 g/mol. The van der Waals surface area contributed by atoms with Gasteiger partial charge in [0.25, 0.3) is 5.91 Å². The SMILES string of the molecule is Cc1[nH]nc(C(=O)NC(C)CN2CCCC2=O)c1N. The molecule has 7 heteroatoms. The molecule has 0 bridgehead atoms. The second kappa shape index (κ2) is 5.29. The van der Waals surface area contributed by atoms with Gasteiger partial charge in [0, 0.05) is 25.6 Å². The van der Waals surface area contributed by atoms with E-state index >= 15 is 0 Å². The molecule has 0 aromatic carbocycles. The monoisotopic (exact) mass is 265 g/mol. The maximum absolute atomic E-state index is 12.0. The van der Waals surface area contributed by atoms with Crippen LogP contribution in [0.15, 0.2) is 0 Å². The van der Waals surface area contributed by atoms with Crippen molar-refractivity contribution < 1.29 is 9.59 Å². The highest BCUT2D eigenvalue weighted by Crippen LogP contribution is 2.13. The number of aromatic nitrogens is 2. The summed E-state index contributed by atoms with van der Waals surface area (Å²) in [6.07, 6.45) is 1.50. The molecule has 19 heavy (non-hydrogen) atoms. The largest absolute Gasteiger partial charge is 0.395 e. The summed E-state index contributed by atoms with van der Waals surface area (Å²) >= 11 is 0. The van der Waals surface area contributed by atoms with Crippen molar-refractivity contribution in [3.63, 3.8) is 0 Å². The molecule has 0 spiro atoms. The maximum Gasteiger partial charge on any atom is 0.274 e. The Kier molecular flexibility index (Phi) is 3.73. The number of carbonyl (C=O) groups is 2. The molecule has 0 saturated carbocycles. The molecule has 1 aromatic rings. The van der Waals surface area contributed by atoms with Gasteiger partial charge in [-0.1, -0.05) is 0 Å². The zero-order valence-corrected chi connectivity index (χ0v) is 11.2. The average molecular weight is 265 g/mol. The Bertz CT molecular complexity index is 496. The molecular formula is C12H19N5O2. The van der Waals surface area contributed by atoms with Crippen molar-refractivity contribution >= 4 is 17.5 Å². The predicted octanol–water partition coefficient (Wildman–Crippen LogP) is 0.0410. The standard InChI is InChI=1S/C12H19N5O2/c1-7(6-17-5-3-4-9(17)18)14-12(19)11-10(13)8(2)15-16-11/h7H,3-6,13H2,1-2H3,(H,14,19)(H,15,16). The van der Waals surface area contributed by atoms with Gasteiger partial charge in [-0.05, 0) is 20.3 Å². The predicted molar refractivity (Wildman–Crippen MR) is 70.5 cm³/mol. The number of aryl methyl sites for hydroxylation is 1. The van der Waals surface area contributed by atoms with E-state index in [2.05, 4.69) is 15.5 Å². The molecule has 7 nitrogen and oxygen atoms in total. The molecule has 0 aliphatic carbocycles. The van der Waals surface area contributed by atoms with E-state index in [0.717, 1.165) is 13.0 Å². The Morgan fingerprint density at radius 1 is 1.63 bits per heavy atom. The van der Waals surface area contributed by atoms with Crippen LogP contribution in [0.2, 0.25) is 0 Å². The van der Waals surface area contributed by atoms with Crippen molar-refractivity contribution in [2.75, 3.05) is 18.8 Å². The maximum atomic E-state index is 12.0. The van der Waals surface area contributed by atoms with E-state index in [1.54, 1.807) is 11.8 Å². The van der Waals surface area contributed by atoms with Crippen molar-refractivity contribution in [3.8, 4) is 0 Å². The van der Waals surface area contributed by atoms with E-state index in [-0.39, 0.29) is 23.6 Å². The van der Waals surface area contributed by atoms with Crippen LogP contribution < -0.4 is 11.1 Å². The smallest absolute Gasteiger partial charge is 0.274 e. The number of rotatable bonds is 4. The number of hydrogen-bond donors (Lipinski definition) is 3. The Morgan fingerprint density at radius 2 is 2.37 bits per heavy atom. The Balaban J connectivity index is 1.91. The number of nitrogen functional groups attached to an aromatic ring is 1. The average Bonchev–Trinajstić information content (AvgIpc) is 2.88. The lowest BCUT2D eigenvalue weighted by atomic mass is 10.2. The number of carbonyl (C=O) groups excluding carboxylic acids is 2. The van der Waals surface area contributed by atoms with Crippen LogP contribution >= 0.6 is 0 Å². The first-order valence-electron chi connectivity index (χ1n) is 6.38. The van der Waals surface area contributed by atoms with Gasteiger partial charge in [-0.3, -0.25) is 14.7 Å². The third-order valence-corrected chi connectivity index (χ3v) is 3.25. The van der Waals surface area contributed by atoms with E-state index in [4.69, 9.17) is 5.73 Å². The summed E-state index contributed by atoms with van der Waals surface area (Å²) in [6.45, 7) is 4.90. The van der Waals surface area contributed by atoms with Gasteiger partial charge in [-0.15, -0.1) is 0 Å². The first-order chi connectivity index (χ1) is 8.99. The topological polar surface area (TPSA) is 104 Å². The van der Waals surface area contributed by atoms with E-state index in [1.165, 1.54) is 0 Å². The molecule has 104 valence electrons. The van der Waals surface area contributed by atoms with Crippen molar-refractivity contribution in [1.82, 2.24) is 20.4 Å². The highest BCUT2D eigenvalue weighted by molar-refractivity contribution is 5.97. The normalized spacial score (nSPS) is 16.7. The molecule has 1 aliphatic rings. The second-order valence-corrected chi connectivity index (χ2v) is 4.93. The summed E-state index contributed by atoms with van der Waals surface area (Å²) in [6, 6.07) is -0.133. The van der Waals surface area contributed by atoms with Crippen molar-refractivity contribution in [3.05, 3.63) is 11.4 Å². The fourth-order valence-corrected chi connectivity index (χ4v) is 2.18. The molecule has 4 N–H and O–H groups in total. The Hall–Kier alpha value is -2.05. The third-order valence-electron chi connectivity index (χ3n) is 3.25. The molecule has 1 unspecified atom stereocenters. The minimum atomic E-state index is -0.319. The summed E-state index contributed by atoms with van der Waals surface area (Å²) in [5, 5.41) is 9.35. The number of hydrogen-bond acceptors (Lipinski definition) is 4. The van der Waals surface area contributed by atoms with Crippen LogP contribution in [0.4, 0.5) is 5.69 Å². The quantitative estimate of drug-likeness (QED) is 0.715. The molecule has 1 atom stereocenters. The molecule has 2 amide bonds. The van der Waals surface area contributed by atoms with Gasteiger partial charge in [0.15, 0.2) is 5.69 Å². The third kappa shape index (κ3) is 2.86.